The predicted molar refractivity (Wildman–Crippen MR) is 88.6 cm³/mol. The van der Waals surface area contributed by atoms with Gasteiger partial charge >= 0.3 is 0 Å². The number of rotatable bonds is 3. The molecule has 0 saturated carbocycles. The Morgan fingerprint density at radius 3 is 2.83 bits per heavy atom. The zero-order valence-electron chi connectivity index (χ0n) is 14.0. The molecule has 2 aromatic rings. The molecule has 1 aliphatic heterocycles. The maximum absolute atomic E-state index is 12.7. The van der Waals surface area contributed by atoms with Crippen molar-refractivity contribution in [1.82, 2.24) is 5.16 Å². The number of hydrogen-bond acceptors (Lipinski definition) is 5. The average molecular weight is 329 g/mol. The van der Waals surface area contributed by atoms with Crippen molar-refractivity contribution in [2.45, 2.75) is 26.7 Å². The molecule has 1 aromatic heterocycles. The van der Waals surface area contributed by atoms with Crippen LogP contribution in [0, 0.1) is 6.92 Å². The van der Waals surface area contributed by atoms with Gasteiger partial charge in [-0.15, -0.1) is 0 Å². The number of hydrogen-bond donors (Lipinski definition) is 1. The SMILES string of the molecule is Cc1noc(C(C)C)c1C(=O)Nc1cccc2c1OCC(=O)N2C. The van der Waals surface area contributed by atoms with E-state index in [1.54, 1.807) is 32.2 Å². The zero-order valence-corrected chi connectivity index (χ0v) is 14.0. The number of carbonyl (C=O) groups is 2. The lowest BCUT2D eigenvalue weighted by atomic mass is 10.0. The summed E-state index contributed by atoms with van der Waals surface area (Å²) in [5.41, 5.74) is 2.10. The quantitative estimate of drug-likeness (QED) is 0.936. The van der Waals surface area contributed by atoms with E-state index in [9.17, 15) is 9.59 Å². The van der Waals surface area contributed by atoms with Gasteiger partial charge in [0, 0.05) is 13.0 Å². The number of fused-ring (bicyclic) bond motifs is 1. The van der Waals surface area contributed by atoms with Gasteiger partial charge in [0.15, 0.2) is 18.1 Å². The molecule has 1 aliphatic rings. The van der Waals surface area contributed by atoms with Crippen LogP contribution in [0.3, 0.4) is 0 Å². The number of ether oxygens (including phenoxy) is 1. The Hall–Kier alpha value is -2.83. The number of benzene rings is 1. The molecule has 7 nitrogen and oxygen atoms in total. The smallest absolute Gasteiger partial charge is 0.264 e. The number of nitrogens with one attached hydrogen (secondary N) is 1. The lowest BCUT2D eigenvalue weighted by Crippen LogP contribution is -2.35. The van der Waals surface area contributed by atoms with Crippen molar-refractivity contribution in [2.24, 2.45) is 0 Å². The number of aromatic nitrogens is 1. The Morgan fingerprint density at radius 2 is 2.12 bits per heavy atom. The highest BCUT2D eigenvalue weighted by atomic mass is 16.5. The first-order valence-electron chi connectivity index (χ1n) is 7.70. The molecule has 1 N–H and O–H groups in total. The summed E-state index contributed by atoms with van der Waals surface area (Å²) >= 11 is 0. The molecule has 3 rings (SSSR count). The first kappa shape index (κ1) is 16.0. The summed E-state index contributed by atoms with van der Waals surface area (Å²) in [6, 6.07) is 5.27. The second kappa shape index (κ2) is 5.99. The standard InChI is InChI=1S/C17H19N3O4/c1-9(2)15-14(10(3)19-24-15)17(22)18-11-6-5-7-12-16(11)23-8-13(21)20(12)4/h5-7,9H,8H2,1-4H3,(H,18,22). The summed E-state index contributed by atoms with van der Waals surface area (Å²) in [6.07, 6.45) is 0. The average Bonchev–Trinajstić information content (AvgIpc) is 2.93. The maximum atomic E-state index is 12.7. The van der Waals surface area contributed by atoms with Crippen molar-refractivity contribution < 1.29 is 18.8 Å². The van der Waals surface area contributed by atoms with Gasteiger partial charge in [-0.25, -0.2) is 0 Å². The lowest BCUT2D eigenvalue weighted by Gasteiger charge is -2.27. The van der Waals surface area contributed by atoms with Crippen LogP contribution in [0.4, 0.5) is 11.4 Å². The molecule has 0 atom stereocenters. The van der Waals surface area contributed by atoms with E-state index >= 15 is 0 Å². The molecule has 2 heterocycles. The summed E-state index contributed by atoms with van der Waals surface area (Å²) in [5.74, 6) is 0.616. The molecule has 0 aliphatic carbocycles. The summed E-state index contributed by atoms with van der Waals surface area (Å²) in [4.78, 5) is 26.0. The zero-order chi connectivity index (χ0) is 17.4. The van der Waals surface area contributed by atoms with Gasteiger partial charge in [0.2, 0.25) is 0 Å². The highest BCUT2D eigenvalue weighted by molar-refractivity contribution is 6.08. The van der Waals surface area contributed by atoms with E-state index in [1.165, 1.54) is 4.90 Å². The maximum Gasteiger partial charge on any atom is 0.264 e. The van der Waals surface area contributed by atoms with Gasteiger partial charge in [0.05, 0.1) is 17.1 Å². The number of likely N-dealkylation sites (N-methyl/N-ethyl adjacent to an activating group) is 1. The van der Waals surface area contributed by atoms with E-state index in [2.05, 4.69) is 10.5 Å². The molecule has 7 heteroatoms. The van der Waals surface area contributed by atoms with Crippen LogP contribution in [0.1, 0.15) is 41.6 Å². The van der Waals surface area contributed by atoms with Gasteiger partial charge in [-0.2, -0.15) is 0 Å². The monoisotopic (exact) mass is 329 g/mol. The summed E-state index contributed by atoms with van der Waals surface area (Å²) in [6.45, 7) is 5.54. The van der Waals surface area contributed by atoms with Crippen molar-refractivity contribution in [2.75, 3.05) is 23.9 Å². The molecule has 0 bridgehead atoms. The second-order valence-corrected chi connectivity index (χ2v) is 6.01. The molecule has 0 fully saturated rings. The van der Waals surface area contributed by atoms with Crippen molar-refractivity contribution >= 4 is 23.2 Å². The molecule has 24 heavy (non-hydrogen) atoms. The van der Waals surface area contributed by atoms with E-state index in [1.807, 2.05) is 13.8 Å². The fraction of sp³-hybridized carbons (Fsp3) is 0.353. The number of para-hydroxylation sites is 1. The van der Waals surface area contributed by atoms with E-state index in [0.29, 0.717) is 34.1 Å². The van der Waals surface area contributed by atoms with Crippen LogP contribution < -0.4 is 15.0 Å². The molecule has 126 valence electrons. The van der Waals surface area contributed by atoms with E-state index in [4.69, 9.17) is 9.26 Å². The minimum atomic E-state index is -0.311. The fourth-order valence-corrected chi connectivity index (χ4v) is 2.65. The predicted octanol–water partition coefficient (Wildman–Crippen LogP) is 2.71. The third-order valence-electron chi connectivity index (χ3n) is 3.96. The molecule has 0 radical (unpaired) electrons. The third-order valence-corrected chi connectivity index (χ3v) is 3.96. The van der Waals surface area contributed by atoms with Gasteiger partial charge < -0.3 is 19.5 Å². The van der Waals surface area contributed by atoms with E-state index < -0.39 is 0 Å². The minimum absolute atomic E-state index is 0.0386. The van der Waals surface area contributed by atoms with Crippen LogP contribution in [0.15, 0.2) is 22.7 Å². The van der Waals surface area contributed by atoms with Crippen LogP contribution in [0.5, 0.6) is 5.75 Å². The Labute approximate surface area is 139 Å². The normalized spacial score (nSPS) is 13.7. The van der Waals surface area contributed by atoms with E-state index in [-0.39, 0.29) is 24.3 Å². The van der Waals surface area contributed by atoms with E-state index in [0.717, 1.165) is 0 Å². The van der Waals surface area contributed by atoms with Gasteiger partial charge in [0.1, 0.15) is 5.56 Å². The van der Waals surface area contributed by atoms with Crippen molar-refractivity contribution in [1.29, 1.82) is 0 Å². The molecule has 0 saturated heterocycles. The molecular formula is C17H19N3O4. The number of anilines is 2. The van der Waals surface area contributed by atoms with Gasteiger partial charge in [-0.3, -0.25) is 9.59 Å². The van der Waals surface area contributed by atoms with Crippen LogP contribution in [0.2, 0.25) is 0 Å². The summed E-state index contributed by atoms with van der Waals surface area (Å²) < 4.78 is 10.8. The Kier molecular flexibility index (Phi) is 4.01. The van der Waals surface area contributed by atoms with Crippen molar-refractivity contribution in [3.63, 3.8) is 0 Å². The molecule has 1 aromatic carbocycles. The first-order valence-corrected chi connectivity index (χ1v) is 7.70. The Morgan fingerprint density at radius 1 is 1.38 bits per heavy atom. The summed E-state index contributed by atoms with van der Waals surface area (Å²) in [7, 11) is 1.68. The Balaban J connectivity index is 1.94. The van der Waals surface area contributed by atoms with Gasteiger partial charge in [0.25, 0.3) is 11.8 Å². The molecular weight excluding hydrogens is 310 g/mol. The van der Waals surface area contributed by atoms with Gasteiger partial charge in [-0.1, -0.05) is 25.1 Å². The number of nitrogens with zero attached hydrogens (tertiary/aromatic N) is 2. The number of carbonyl (C=O) groups excluding carboxylic acids is 2. The first-order chi connectivity index (χ1) is 11.4. The topological polar surface area (TPSA) is 84.7 Å². The third kappa shape index (κ3) is 2.62. The Bertz CT molecular complexity index is 810. The van der Waals surface area contributed by atoms with Gasteiger partial charge in [-0.05, 0) is 19.1 Å². The van der Waals surface area contributed by atoms with Crippen molar-refractivity contribution in [3.8, 4) is 5.75 Å². The molecule has 0 unspecified atom stereocenters. The molecule has 2 amide bonds. The highest BCUT2D eigenvalue weighted by Crippen LogP contribution is 2.38. The van der Waals surface area contributed by atoms with Crippen LogP contribution in [-0.4, -0.2) is 30.6 Å². The molecule has 0 spiro atoms. The van der Waals surface area contributed by atoms with Crippen LogP contribution >= 0.6 is 0 Å². The lowest BCUT2D eigenvalue weighted by molar-refractivity contribution is -0.120. The second-order valence-electron chi connectivity index (χ2n) is 6.01. The fourth-order valence-electron chi connectivity index (χ4n) is 2.65. The largest absolute Gasteiger partial charge is 0.479 e. The summed E-state index contributed by atoms with van der Waals surface area (Å²) in [5, 5.41) is 6.73. The minimum Gasteiger partial charge on any atom is -0.479 e. The highest BCUT2D eigenvalue weighted by Gasteiger charge is 2.27. The van der Waals surface area contributed by atoms with Crippen LogP contribution in [0.25, 0.3) is 0 Å². The number of aryl methyl sites for hydroxylation is 1. The number of amides is 2. The van der Waals surface area contributed by atoms with Crippen LogP contribution in [-0.2, 0) is 4.79 Å². The van der Waals surface area contributed by atoms with Crippen molar-refractivity contribution in [3.05, 3.63) is 35.2 Å².